The van der Waals surface area contributed by atoms with Crippen LogP contribution in [-0.4, -0.2) is 24.4 Å². The van der Waals surface area contributed by atoms with Crippen molar-refractivity contribution in [2.45, 2.75) is 25.7 Å². The number of hydrogen-bond donors (Lipinski definition) is 1. The third kappa shape index (κ3) is 4.06. The Bertz CT molecular complexity index is 1090. The number of rotatable bonds is 5. The van der Waals surface area contributed by atoms with Crippen molar-refractivity contribution >= 4 is 16.2 Å². The first kappa shape index (κ1) is 18.8. The van der Waals surface area contributed by atoms with Crippen LogP contribution in [0, 0.1) is 26.6 Å². The molecule has 0 aliphatic rings. The van der Waals surface area contributed by atoms with Crippen LogP contribution >= 0.6 is 0 Å². The van der Waals surface area contributed by atoms with Crippen molar-refractivity contribution in [1.82, 2.24) is 14.6 Å². The third-order valence-corrected chi connectivity index (χ3v) is 5.35. The molecule has 2 aromatic carbocycles. The maximum absolute atomic E-state index is 13.1. The molecule has 3 rings (SSSR count). The van der Waals surface area contributed by atoms with Gasteiger partial charge in [-0.2, -0.15) is 18.6 Å². The van der Waals surface area contributed by atoms with Crippen molar-refractivity contribution in [2.24, 2.45) is 5.10 Å². The maximum Gasteiger partial charge on any atom is 0.276 e. The standard InChI is InChI=1S/C19H19FN4O2S/c1-13-4-10-18(11-5-13)27(25,26)23-21-12-19-14(2)22-24(15(19)3)17-8-6-16(20)7-9-17/h4-12,23H,1-3H3/b21-12-. The van der Waals surface area contributed by atoms with Crippen LogP contribution in [0.5, 0.6) is 0 Å². The number of hydrogen-bond acceptors (Lipinski definition) is 4. The summed E-state index contributed by atoms with van der Waals surface area (Å²) >= 11 is 0. The van der Waals surface area contributed by atoms with Gasteiger partial charge >= 0.3 is 0 Å². The summed E-state index contributed by atoms with van der Waals surface area (Å²) < 4.78 is 39.3. The summed E-state index contributed by atoms with van der Waals surface area (Å²) in [5.41, 5.74) is 3.80. The number of nitrogens with one attached hydrogen (secondary N) is 1. The van der Waals surface area contributed by atoms with Crippen LogP contribution in [0.25, 0.3) is 5.69 Å². The summed E-state index contributed by atoms with van der Waals surface area (Å²) in [7, 11) is -3.74. The van der Waals surface area contributed by atoms with Gasteiger partial charge in [0.15, 0.2) is 0 Å². The number of benzene rings is 2. The molecule has 1 N–H and O–H groups in total. The highest BCUT2D eigenvalue weighted by molar-refractivity contribution is 7.89. The van der Waals surface area contributed by atoms with E-state index in [9.17, 15) is 12.8 Å². The molecule has 1 aromatic heterocycles. The zero-order chi connectivity index (χ0) is 19.6. The van der Waals surface area contributed by atoms with Crippen LogP contribution < -0.4 is 4.83 Å². The second-order valence-electron chi connectivity index (χ2n) is 6.14. The SMILES string of the molecule is Cc1ccc(S(=O)(=O)N/N=C\c2c(C)nn(-c3ccc(F)cc3)c2C)cc1. The van der Waals surface area contributed by atoms with Crippen LogP contribution in [0.4, 0.5) is 4.39 Å². The van der Waals surface area contributed by atoms with Gasteiger partial charge in [-0.05, 0) is 57.2 Å². The Balaban J connectivity index is 1.83. The van der Waals surface area contributed by atoms with Gasteiger partial charge in [0.1, 0.15) is 5.82 Å². The highest BCUT2D eigenvalue weighted by Gasteiger charge is 2.14. The fourth-order valence-electron chi connectivity index (χ4n) is 2.61. The van der Waals surface area contributed by atoms with E-state index in [0.29, 0.717) is 16.9 Å². The Labute approximate surface area is 157 Å². The van der Waals surface area contributed by atoms with Crippen LogP contribution in [-0.2, 0) is 10.0 Å². The molecule has 27 heavy (non-hydrogen) atoms. The molecule has 0 radical (unpaired) electrons. The lowest BCUT2D eigenvalue weighted by molar-refractivity contribution is 0.584. The quantitative estimate of drug-likeness (QED) is 0.540. The second-order valence-corrected chi connectivity index (χ2v) is 7.80. The zero-order valence-corrected chi connectivity index (χ0v) is 16.0. The summed E-state index contributed by atoms with van der Waals surface area (Å²) in [5, 5.41) is 8.30. The predicted octanol–water partition coefficient (Wildman–Crippen LogP) is 3.25. The lowest BCUT2D eigenvalue weighted by Crippen LogP contribution is -2.18. The van der Waals surface area contributed by atoms with E-state index in [1.54, 1.807) is 35.9 Å². The largest absolute Gasteiger partial charge is 0.276 e. The van der Waals surface area contributed by atoms with Crippen molar-refractivity contribution in [3.63, 3.8) is 0 Å². The van der Waals surface area contributed by atoms with Gasteiger partial charge < -0.3 is 0 Å². The molecule has 140 valence electrons. The minimum Gasteiger partial charge on any atom is -0.237 e. The van der Waals surface area contributed by atoms with Crippen molar-refractivity contribution in [2.75, 3.05) is 0 Å². The molecule has 8 heteroatoms. The average Bonchev–Trinajstić information content (AvgIpc) is 2.91. The minimum atomic E-state index is -3.74. The summed E-state index contributed by atoms with van der Waals surface area (Å²) in [5.74, 6) is -0.326. The minimum absolute atomic E-state index is 0.140. The molecule has 1 heterocycles. The highest BCUT2D eigenvalue weighted by atomic mass is 32.2. The molecule has 3 aromatic rings. The van der Waals surface area contributed by atoms with E-state index in [2.05, 4.69) is 15.0 Å². The Morgan fingerprint density at radius 2 is 1.67 bits per heavy atom. The van der Waals surface area contributed by atoms with Crippen molar-refractivity contribution in [1.29, 1.82) is 0 Å². The monoisotopic (exact) mass is 386 g/mol. The van der Waals surface area contributed by atoms with E-state index in [-0.39, 0.29) is 10.7 Å². The van der Waals surface area contributed by atoms with E-state index < -0.39 is 10.0 Å². The molecule has 0 amide bonds. The lowest BCUT2D eigenvalue weighted by atomic mass is 10.2. The summed E-state index contributed by atoms with van der Waals surface area (Å²) in [4.78, 5) is 2.35. The number of hydrazone groups is 1. The Morgan fingerprint density at radius 3 is 2.30 bits per heavy atom. The number of halogens is 1. The molecule has 0 unspecified atom stereocenters. The van der Waals surface area contributed by atoms with Crippen molar-refractivity contribution < 1.29 is 12.8 Å². The van der Waals surface area contributed by atoms with Crippen molar-refractivity contribution in [3.05, 3.63) is 76.9 Å². The molecular weight excluding hydrogens is 367 g/mol. The van der Waals surface area contributed by atoms with Crippen molar-refractivity contribution in [3.8, 4) is 5.69 Å². The Hall–Kier alpha value is -3.00. The Morgan fingerprint density at radius 1 is 1.04 bits per heavy atom. The number of aryl methyl sites for hydroxylation is 2. The summed E-state index contributed by atoms with van der Waals surface area (Å²) in [6.07, 6.45) is 1.42. The van der Waals surface area contributed by atoms with Crippen LogP contribution in [0.15, 0.2) is 58.5 Å². The molecule has 0 aliphatic heterocycles. The molecule has 0 fully saturated rings. The van der Waals surface area contributed by atoms with Gasteiger partial charge in [0.05, 0.1) is 28.2 Å². The van der Waals surface area contributed by atoms with Crippen LogP contribution in [0.2, 0.25) is 0 Å². The number of sulfonamides is 1. The molecular formula is C19H19FN4O2S. The first-order chi connectivity index (χ1) is 12.8. The summed E-state index contributed by atoms with van der Waals surface area (Å²) in [6.45, 7) is 5.51. The smallest absolute Gasteiger partial charge is 0.237 e. The second kappa shape index (κ2) is 7.32. The predicted molar refractivity (Wildman–Crippen MR) is 102 cm³/mol. The van der Waals surface area contributed by atoms with Crippen LogP contribution in [0.1, 0.15) is 22.5 Å². The molecule has 0 aliphatic carbocycles. The van der Waals surface area contributed by atoms with Gasteiger partial charge in [0.2, 0.25) is 0 Å². The maximum atomic E-state index is 13.1. The first-order valence-electron chi connectivity index (χ1n) is 8.21. The fraction of sp³-hybridized carbons (Fsp3) is 0.158. The van der Waals surface area contributed by atoms with Crippen LogP contribution in [0.3, 0.4) is 0 Å². The lowest BCUT2D eigenvalue weighted by Gasteiger charge is -2.04. The first-order valence-corrected chi connectivity index (χ1v) is 9.70. The molecule has 0 saturated heterocycles. The zero-order valence-electron chi connectivity index (χ0n) is 15.1. The normalized spacial score (nSPS) is 11.9. The highest BCUT2D eigenvalue weighted by Crippen LogP contribution is 2.17. The van der Waals surface area contributed by atoms with E-state index >= 15 is 0 Å². The Kier molecular flexibility index (Phi) is 5.09. The van der Waals surface area contributed by atoms with Gasteiger partial charge in [-0.3, -0.25) is 0 Å². The van der Waals surface area contributed by atoms with Gasteiger partial charge in [0, 0.05) is 5.56 Å². The van der Waals surface area contributed by atoms with E-state index in [0.717, 1.165) is 11.3 Å². The number of aromatic nitrogens is 2. The van der Waals surface area contributed by atoms with Gasteiger partial charge in [-0.15, -0.1) is 0 Å². The molecule has 0 bridgehead atoms. The van der Waals surface area contributed by atoms with E-state index in [4.69, 9.17) is 0 Å². The molecule has 6 nitrogen and oxygen atoms in total. The summed E-state index contributed by atoms with van der Waals surface area (Å²) in [6, 6.07) is 12.4. The van der Waals surface area contributed by atoms with Gasteiger partial charge in [-0.1, -0.05) is 17.7 Å². The topological polar surface area (TPSA) is 76.3 Å². The third-order valence-electron chi connectivity index (χ3n) is 4.12. The van der Waals surface area contributed by atoms with E-state index in [1.165, 1.54) is 30.5 Å². The average molecular weight is 386 g/mol. The van der Waals surface area contributed by atoms with Gasteiger partial charge in [-0.25, -0.2) is 13.9 Å². The molecule has 0 spiro atoms. The fourth-order valence-corrected chi connectivity index (χ4v) is 3.40. The van der Waals surface area contributed by atoms with Gasteiger partial charge in [0.25, 0.3) is 10.0 Å². The van der Waals surface area contributed by atoms with E-state index in [1.807, 2.05) is 13.8 Å². The number of nitrogens with zero attached hydrogens (tertiary/aromatic N) is 3. The molecule has 0 atom stereocenters. The molecule has 0 saturated carbocycles.